The molecule has 2 heterocycles. The van der Waals surface area contributed by atoms with Gasteiger partial charge in [0.15, 0.2) is 0 Å². The second-order valence-corrected chi connectivity index (χ2v) is 4.99. The van der Waals surface area contributed by atoms with Gasteiger partial charge in [-0.15, -0.1) is 0 Å². The normalized spacial score (nSPS) is 14.7. The van der Waals surface area contributed by atoms with Crippen LogP contribution in [0.2, 0.25) is 0 Å². The number of nitrogens with zero attached hydrogens (tertiary/aromatic N) is 4. The molecule has 0 saturated carbocycles. The van der Waals surface area contributed by atoms with E-state index < -0.39 is 0 Å². The van der Waals surface area contributed by atoms with Crippen LogP contribution in [0.25, 0.3) is 0 Å². The largest absolute Gasteiger partial charge is 0.464 e. The van der Waals surface area contributed by atoms with Crippen LogP contribution in [0.4, 0.5) is 11.9 Å². The minimum Gasteiger partial charge on any atom is -0.464 e. The van der Waals surface area contributed by atoms with Crippen LogP contribution in [0.5, 0.6) is 0 Å². The lowest BCUT2D eigenvalue weighted by atomic mass is 10.3. The molecule has 1 aromatic heterocycles. The van der Waals surface area contributed by atoms with Crippen LogP contribution < -0.4 is 10.2 Å². The zero-order valence-corrected chi connectivity index (χ0v) is 13.2. The van der Waals surface area contributed by atoms with Gasteiger partial charge < -0.3 is 19.7 Å². The van der Waals surface area contributed by atoms with Crippen molar-refractivity contribution in [1.82, 2.24) is 15.0 Å². The van der Waals surface area contributed by atoms with Crippen LogP contribution in [0.3, 0.4) is 0 Å². The van der Waals surface area contributed by atoms with Gasteiger partial charge in [0.2, 0.25) is 11.9 Å². The lowest BCUT2D eigenvalue weighted by Crippen LogP contribution is -2.37. The Kier molecular flexibility index (Phi) is 6.32. The smallest absolute Gasteiger partial charge is 0.302 e. The van der Waals surface area contributed by atoms with Crippen LogP contribution in [0.15, 0.2) is 0 Å². The Hall–Kier alpha value is -1.96. The Morgan fingerprint density at radius 3 is 2.77 bits per heavy atom. The molecule has 0 unspecified atom stereocenters. The summed E-state index contributed by atoms with van der Waals surface area (Å²) in [5.41, 5.74) is 0. The first kappa shape index (κ1) is 16.4. The van der Waals surface area contributed by atoms with Crippen molar-refractivity contribution in [1.29, 1.82) is 0 Å². The third-order valence-corrected chi connectivity index (χ3v) is 3.13. The molecule has 2 rings (SSSR count). The lowest BCUT2D eigenvalue weighted by Gasteiger charge is -2.27. The van der Waals surface area contributed by atoms with E-state index >= 15 is 0 Å². The third kappa shape index (κ3) is 5.10. The molecule has 122 valence electrons. The summed E-state index contributed by atoms with van der Waals surface area (Å²) in [6.07, 6.45) is 1.78. The van der Waals surface area contributed by atoms with E-state index in [4.69, 9.17) is 9.47 Å². The van der Waals surface area contributed by atoms with Crippen LogP contribution in [-0.2, 0) is 20.7 Å². The Morgan fingerprint density at radius 2 is 2.09 bits per heavy atom. The predicted molar refractivity (Wildman–Crippen MR) is 82.0 cm³/mol. The Labute approximate surface area is 130 Å². The maximum Gasteiger partial charge on any atom is 0.302 e. The molecule has 1 aliphatic heterocycles. The van der Waals surface area contributed by atoms with E-state index in [1.165, 1.54) is 6.92 Å². The molecule has 0 radical (unpaired) electrons. The number of anilines is 2. The number of aryl methyl sites for hydroxylation is 1. The minimum atomic E-state index is -0.293. The van der Waals surface area contributed by atoms with E-state index in [2.05, 4.69) is 32.1 Å². The first-order valence-electron chi connectivity index (χ1n) is 7.64. The van der Waals surface area contributed by atoms with E-state index in [1.54, 1.807) is 0 Å². The molecule has 0 aliphatic carbocycles. The zero-order valence-electron chi connectivity index (χ0n) is 13.2. The molecule has 1 fully saturated rings. The molecular formula is C14H23N5O3. The average molecular weight is 309 g/mol. The van der Waals surface area contributed by atoms with Crippen molar-refractivity contribution in [2.75, 3.05) is 49.7 Å². The van der Waals surface area contributed by atoms with Crippen molar-refractivity contribution in [2.45, 2.75) is 26.7 Å². The number of hydrogen-bond donors (Lipinski definition) is 1. The zero-order chi connectivity index (χ0) is 15.8. The molecule has 1 aromatic rings. The summed E-state index contributed by atoms with van der Waals surface area (Å²) in [5, 5.41) is 3.08. The molecule has 22 heavy (non-hydrogen) atoms. The van der Waals surface area contributed by atoms with Gasteiger partial charge in [0, 0.05) is 26.4 Å². The van der Waals surface area contributed by atoms with Crippen molar-refractivity contribution in [3.8, 4) is 0 Å². The fourth-order valence-corrected chi connectivity index (χ4v) is 2.08. The molecule has 0 amide bonds. The van der Waals surface area contributed by atoms with Gasteiger partial charge in [-0.1, -0.05) is 6.92 Å². The van der Waals surface area contributed by atoms with Crippen molar-refractivity contribution in [3.63, 3.8) is 0 Å². The summed E-state index contributed by atoms with van der Waals surface area (Å²) in [4.78, 5) is 26.2. The highest BCUT2D eigenvalue weighted by atomic mass is 16.5. The van der Waals surface area contributed by atoms with Crippen molar-refractivity contribution in [3.05, 3.63) is 5.82 Å². The van der Waals surface area contributed by atoms with Crippen molar-refractivity contribution in [2.24, 2.45) is 0 Å². The third-order valence-electron chi connectivity index (χ3n) is 3.13. The molecule has 0 spiro atoms. The van der Waals surface area contributed by atoms with Crippen molar-refractivity contribution < 1.29 is 14.3 Å². The Morgan fingerprint density at radius 1 is 1.32 bits per heavy atom. The van der Waals surface area contributed by atoms with E-state index in [9.17, 15) is 4.79 Å². The van der Waals surface area contributed by atoms with E-state index in [0.29, 0.717) is 31.7 Å². The number of esters is 1. The average Bonchev–Trinajstić information content (AvgIpc) is 2.52. The summed E-state index contributed by atoms with van der Waals surface area (Å²) in [6.45, 7) is 7.17. The highest BCUT2D eigenvalue weighted by molar-refractivity contribution is 5.65. The summed E-state index contributed by atoms with van der Waals surface area (Å²) in [6, 6.07) is 0. The maximum absolute atomic E-state index is 10.7. The Balaban J connectivity index is 2.03. The van der Waals surface area contributed by atoms with Crippen LogP contribution in [-0.4, -0.2) is 60.4 Å². The number of aromatic nitrogens is 3. The van der Waals surface area contributed by atoms with Gasteiger partial charge in [0.1, 0.15) is 12.4 Å². The van der Waals surface area contributed by atoms with E-state index in [1.807, 2.05) is 0 Å². The van der Waals surface area contributed by atoms with Gasteiger partial charge in [-0.3, -0.25) is 4.79 Å². The fraction of sp³-hybridized carbons (Fsp3) is 0.714. The molecule has 8 heteroatoms. The fourth-order valence-electron chi connectivity index (χ4n) is 2.08. The second-order valence-electron chi connectivity index (χ2n) is 4.99. The standard InChI is InChI=1S/C14H23N5O3/c1-3-4-12-16-13(15-5-8-22-11(2)20)18-14(17-12)19-6-9-21-10-7-19/h3-10H2,1-2H3,(H,15,16,17,18). The van der Waals surface area contributed by atoms with Gasteiger partial charge in [-0.25, -0.2) is 0 Å². The maximum atomic E-state index is 10.7. The molecule has 0 aromatic carbocycles. The van der Waals surface area contributed by atoms with Gasteiger partial charge in [0.25, 0.3) is 0 Å². The number of carbonyl (C=O) groups excluding carboxylic acids is 1. The molecule has 1 N–H and O–H groups in total. The Bertz CT molecular complexity index is 491. The SMILES string of the molecule is CCCc1nc(NCCOC(C)=O)nc(N2CCOCC2)n1. The summed E-state index contributed by atoms with van der Waals surface area (Å²) in [7, 11) is 0. The van der Waals surface area contributed by atoms with Gasteiger partial charge in [0.05, 0.1) is 19.8 Å². The topological polar surface area (TPSA) is 89.5 Å². The number of carbonyl (C=O) groups is 1. The highest BCUT2D eigenvalue weighted by Gasteiger charge is 2.16. The first-order chi connectivity index (χ1) is 10.7. The highest BCUT2D eigenvalue weighted by Crippen LogP contribution is 2.13. The van der Waals surface area contributed by atoms with Crippen LogP contribution in [0.1, 0.15) is 26.1 Å². The summed E-state index contributed by atoms with van der Waals surface area (Å²) >= 11 is 0. The monoisotopic (exact) mass is 309 g/mol. The summed E-state index contributed by atoms with van der Waals surface area (Å²) < 4.78 is 10.2. The number of nitrogens with one attached hydrogen (secondary N) is 1. The predicted octanol–water partition coefficient (Wildman–Crippen LogP) is 0.636. The van der Waals surface area contributed by atoms with Gasteiger partial charge in [-0.05, 0) is 6.42 Å². The quantitative estimate of drug-likeness (QED) is 0.579. The van der Waals surface area contributed by atoms with Crippen LogP contribution >= 0.6 is 0 Å². The molecule has 0 bridgehead atoms. The minimum absolute atomic E-state index is 0.289. The summed E-state index contributed by atoms with van der Waals surface area (Å²) in [5.74, 6) is 1.68. The number of hydrogen-bond acceptors (Lipinski definition) is 8. The number of morpholine rings is 1. The lowest BCUT2D eigenvalue weighted by molar-refractivity contribution is -0.140. The molecule has 1 saturated heterocycles. The molecule has 0 atom stereocenters. The molecule has 1 aliphatic rings. The number of rotatable bonds is 7. The van der Waals surface area contributed by atoms with Crippen molar-refractivity contribution >= 4 is 17.9 Å². The van der Waals surface area contributed by atoms with Gasteiger partial charge >= 0.3 is 5.97 Å². The van der Waals surface area contributed by atoms with Crippen LogP contribution in [0, 0.1) is 0 Å². The molecular weight excluding hydrogens is 286 g/mol. The van der Waals surface area contributed by atoms with Gasteiger partial charge in [-0.2, -0.15) is 15.0 Å². The first-order valence-corrected chi connectivity index (χ1v) is 7.64. The molecule has 8 nitrogen and oxygen atoms in total. The van der Waals surface area contributed by atoms with E-state index in [0.717, 1.165) is 31.8 Å². The number of ether oxygens (including phenoxy) is 2. The second kappa shape index (κ2) is 8.47. The van der Waals surface area contributed by atoms with E-state index in [-0.39, 0.29) is 12.6 Å².